The van der Waals surface area contributed by atoms with E-state index < -0.39 is 10.0 Å². The number of rotatable bonds is 5. The average Bonchev–Trinajstić information content (AvgIpc) is 2.69. The zero-order chi connectivity index (χ0) is 21.2. The minimum Gasteiger partial charge on any atom is -0.490 e. The third kappa shape index (κ3) is 4.91. The van der Waals surface area contributed by atoms with Crippen LogP contribution in [-0.4, -0.2) is 55.8 Å². The van der Waals surface area contributed by atoms with Crippen LogP contribution in [-0.2, 0) is 10.0 Å². The maximum atomic E-state index is 13.0. The molecule has 0 N–H and O–H groups in total. The summed E-state index contributed by atoms with van der Waals surface area (Å²) in [6, 6.07) is 11.8. The number of halogens is 1. The molecule has 6 nitrogen and oxygen atoms in total. The van der Waals surface area contributed by atoms with Gasteiger partial charge in [-0.2, -0.15) is 4.31 Å². The minimum atomic E-state index is -3.57. The molecule has 3 rings (SSSR count). The van der Waals surface area contributed by atoms with E-state index >= 15 is 0 Å². The van der Waals surface area contributed by atoms with Gasteiger partial charge < -0.3 is 9.64 Å². The molecule has 0 aromatic heterocycles. The Kier molecular flexibility index (Phi) is 6.51. The second-order valence-electron chi connectivity index (χ2n) is 7.32. The summed E-state index contributed by atoms with van der Waals surface area (Å²) in [4.78, 5) is 14.9. The van der Waals surface area contributed by atoms with Crippen LogP contribution in [0.1, 0.15) is 29.8 Å². The quantitative estimate of drug-likeness (QED) is 0.718. The average molecular weight is 437 g/mol. The van der Waals surface area contributed by atoms with Crippen molar-refractivity contribution in [2.24, 2.45) is 0 Å². The van der Waals surface area contributed by atoms with Gasteiger partial charge >= 0.3 is 0 Å². The van der Waals surface area contributed by atoms with Gasteiger partial charge in [-0.05, 0) is 51.1 Å². The number of nitrogens with zero attached hydrogens (tertiary/aromatic N) is 2. The van der Waals surface area contributed by atoms with Crippen LogP contribution in [0.2, 0.25) is 5.02 Å². The molecule has 2 aromatic carbocycles. The molecular formula is C21H25ClN2O4S. The summed E-state index contributed by atoms with van der Waals surface area (Å²) in [5.74, 6) is 0.264. The van der Waals surface area contributed by atoms with Gasteiger partial charge in [0.1, 0.15) is 5.75 Å². The predicted molar refractivity (Wildman–Crippen MR) is 113 cm³/mol. The molecule has 0 spiro atoms. The second-order valence-corrected chi connectivity index (χ2v) is 9.69. The van der Waals surface area contributed by atoms with Gasteiger partial charge in [-0.25, -0.2) is 8.42 Å². The standard InChI is InChI=1S/C21H25ClN2O4S/c1-15(2)28-20-9-6-17(22)14-19(20)21(25)23-10-12-24(13-11-23)29(26,27)18-7-4-16(3)5-8-18/h4-9,14-15H,10-13H2,1-3H3. The summed E-state index contributed by atoms with van der Waals surface area (Å²) in [5, 5.41) is 0.449. The smallest absolute Gasteiger partial charge is 0.257 e. The maximum Gasteiger partial charge on any atom is 0.257 e. The van der Waals surface area contributed by atoms with E-state index in [9.17, 15) is 13.2 Å². The van der Waals surface area contributed by atoms with Gasteiger partial charge in [-0.3, -0.25) is 4.79 Å². The summed E-state index contributed by atoms with van der Waals surface area (Å²) in [7, 11) is -3.57. The first-order valence-electron chi connectivity index (χ1n) is 9.51. The zero-order valence-corrected chi connectivity index (χ0v) is 18.3. The molecule has 1 heterocycles. The van der Waals surface area contributed by atoms with E-state index in [2.05, 4.69) is 0 Å². The van der Waals surface area contributed by atoms with Gasteiger partial charge in [0, 0.05) is 31.2 Å². The van der Waals surface area contributed by atoms with Crippen molar-refractivity contribution in [1.29, 1.82) is 0 Å². The summed E-state index contributed by atoms with van der Waals surface area (Å²) in [6.45, 7) is 6.77. The number of benzene rings is 2. The van der Waals surface area contributed by atoms with Crippen LogP contribution in [0.25, 0.3) is 0 Å². The molecule has 0 atom stereocenters. The number of aryl methyl sites for hydroxylation is 1. The molecule has 0 saturated carbocycles. The van der Waals surface area contributed by atoms with Crippen molar-refractivity contribution in [2.45, 2.75) is 31.8 Å². The van der Waals surface area contributed by atoms with Crippen LogP contribution in [0.3, 0.4) is 0 Å². The molecule has 1 fully saturated rings. The molecule has 0 radical (unpaired) electrons. The number of hydrogen-bond acceptors (Lipinski definition) is 4. The summed E-state index contributed by atoms with van der Waals surface area (Å²) in [6.07, 6.45) is -0.0841. The van der Waals surface area contributed by atoms with Crippen LogP contribution >= 0.6 is 11.6 Å². The molecule has 2 aromatic rings. The van der Waals surface area contributed by atoms with Crippen molar-refractivity contribution in [3.05, 3.63) is 58.6 Å². The predicted octanol–water partition coefficient (Wildman–Crippen LogP) is 3.58. The molecule has 1 amide bonds. The Morgan fingerprint density at radius 2 is 1.66 bits per heavy atom. The number of sulfonamides is 1. The van der Waals surface area contributed by atoms with Crippen molar-refractivity contribution in [3.8, 4) is 5.75 Å². The van der Waals surface area contributed by atoms with Crippen molar-refractivity contribution >= 4 is 27.5 Å². The number of hydrogen-bond donors (Lipinski definition) is 0. The maximum absolute atomic E-state index is 13.0. The number of carbonyl (C=O) groups is 1. The number of piperazine rings is 1. The van der Waals surface area contributed by atoms with Crippen molar-refractivity contribution in [1.82, 2.24) is 9.21 Å². The summed E-state index contributed by atoms with van der Waals surface area (Å²) >= 11 is 6.08. The lowest BCUT2D eigenvalue weighted by Gasteiger charge is -2.34. The molecule has 1 aliphatic rings. The van der Waals surface area contributed by atoms with E-state index in [1.54, 1.807) is 47.4 Å². The first-order valence-corrected chi connectivity index (χ1v) is 11.3. The molecule has 0 bridgehead atoms. The fourth-order valence-corrected chi connectivity index (χ4v) is 4.78. The Bertz CT molecular complexity index is 982. The van der Waals surface area contributed by atoms with E-state index in [0.717, 1.165) is 5.56 Å². The number of amides is 1. The summed E-state index contributed by atoms with van der Waals surface area (Å²) in [5.41, 5.74) is 1.39. The summed E-state index contributed by atoms with van der Waals surface area (Å²) < 4.78 is 32.9. The van der Waals surface area contributed by atoms with Gasteiger partial charge in [0.25, 0.3) is 5.91 Å². The monoisotopic (exact) mass is 436 g/mol. The third-order valence-corrected chi connectivity index (χ3v) is 6.87. The Labute approximate surface area is 177 Å². The lowest BCUT2D eigenvalue weighted by Crippen LogP contribution is -2.50. The highest BCUT2D eigenvalue weighted by Gasteiger charge is 2.31. The normalized spacial score (nSPS) is 15.6. The van der Waals surface area contributed by atoms with Gasteiger partial charge in [0.05, 0.1) is 16.6 Å². The fourth-order valence-electron chi connectivity index (χ4n) is 3.19. The molecular weight excluding hydrogens is 412 g/mol. The van der Waals surface area contributed by atoms with Gasteiger partial charge in [0.2, 0.25) is 10.0 Å². The van der Waals surface area contributed by atoms with Crippen LogP contribution in [0.5, 0.6) is 5.75 Å². The SMILES string of the molecule is Cc1ccc(S(=O)(=O)N2CCN(C(=O)c3cc(Cl)ccc3OC(C)C)CC2)cc1. The highest BCUT2D eigenvalue weighted by molar-refractivity contribution is 7.89. The third-order valence-electron chi connectivity index (χ3n) is 4.72. The first-order chi connectivity index (χ1) is 13.7. The minimum absolute atomic E-state index is 0.0841. The van der Waals surface area contributed by atoms with E-state index in [-0.39, 0.29) is 30.0 Å². The lowest BCUT2D eigenvalue weighted by atomic mass is 10.1. The molecule has 156 valence electrons. The van der Waals surface area contributed by atoms with Crippen molar-refractivity contribution in [2.75, 3.05) is 26.2 Å². The van der Waals surface area contributed by atoms with Gasteiger partial charge in [0.15, 0.2) is 0 Å². The first kappa shape index (κ1) is 21.6. The van der Waals surface area contributed by atoms with Gasteiger partial charge in [-0.15, -0.1) is 0 Å². The number of carbonyl (C=O) groups excluding carboxylic acids is 1. The topological polar surface area (TPSA) is 66.9 Å². The second kappa shape index (κ2) is 8.73. The van der Waals surface area contributed by atoms with Gasteiger partial charge in [-0.1, -0.05) is 29.3 Å². The van der Waals surface area contributed by atoms with E-state index in [0.29, 0.717) is 29.4 Å². The largest absolute Gasteiger partial charge is 0.490 e. The van der Waals surface area contributed by atoms with Crippen molar-refractivity contribution < 1.29 is 17.9 Å². The highest BCUT2D eigenvalue weighted by atomic mass is 35.5. The van der Waals surface area contributed by atoms with Crippen LogP contribution < -0.4 is 4.74 Å². The molecule has 29 heavy (non-hydrogen) atoms. The molecule has 8 heteroatoms. The Hall–Kier alpha value is -2.09. The Balaban J connectivity index is 1.73. The molecule has 1 saturated heterocycles. The lowest BCUT2D eigenvalue weighted by molar-refractivity contribution is 0.0692. The van der Waals surface area contributed by atoms with E-state index in [1.807, 2.05) is 20.8 Å². The van der Waals surface area contributed by atoms with Crippen LogP contribution in [0, 0.1) is 6.92 Å². The van der Waals surface area contributed by atoms with Crippen LogP contribution in [0.15, 0.2) is 47.4 Å². The van der Waals surface area contributed by atoms with Crippen molar-refractivity contribution in [3.63, 3.8) is 0 Å². The van der Waals surface area contributed by atoms with E-state index in [4.69, 9.17) is 16.3 Å². The molecule has 0 unspecified atom stereocenters. The fraction of sp³-hybridized carbons (Fsp3) is 0.381. The number of ether oxygens (including phenoxy) is 1. The Morgan fingerprint density at radius 3 is 2.24 bits per heavy atom. The van der Waals surface area contributed by atoms with E-state index in [1.165, 1.54) is 4.31 Å². The zero-order valence-electron chi connectivity index (χ0n) is 16.8. The Morgan fingerprint density at radius 1 is 1.03 bits per heavy atom. The van der Waals surface area contributed by atoms with Crippen LogP contribution in [0.4, 0.5) is 0 Å². The molecule has 1 aliphatic heterocycles. The molecule has 0 aliphatic carbocycles. The highest BCUT2D eigenvalue weighted by Crippen LogP contribution is 2.26.